The van der Waals surface area contributed by atoms with Crippen LogP contribution in [0, 0.1) is 0 Å². The molecule has 2 heterocycles. The Morgan fingerprint density at radius 2 is 2.53 bits per heavy atom. The van der Waals surface area contributed by atoms with E-state index >= 15 is 0 Å². The zero-order valence-corrected chi connectivity index (χ0v) is 11.2. The molecular formula is C14H21N3O2. The first kappa shape index (κ1) is 13.8. The Kier molecular flexibility index (Phi) is 5.15. The van der Waals surface area contributed by atoms with E-state index in [0.29, 0.717) is 12.8 Å². The molecule has 0 bridgehead atoms. The average molecular weight is 263 g/mol. The summed E-state index contributed by atoms with van der Waals surface area (Å²) in [5.74, 6) is -0.00614. The van der Waals surface area contributed by atoms with Gasteiger partial charge in [0.25, 0.3) is 0 Å². The topological polar surface area (TPSA) is 56.2 Å². The first-order valence-corrected chi connectivity index (χ1v) is 6.83. The minimum absolute atomic E-state index is 0.00614. The number of aromatic nitrogens is 2. The fourth-order valence-corrected chi connectivity index (χ4v) is 2.14. The maximum Gasteiger partial charge on any atom is 0.224 e. The molecule has 1 fully saturated rings. The highest BCUT2D eigenvalue weighted by Gasteiger charge is 2.15. The third-order valence-corrected chi connectivity index (χ3v) is 3.16. The van der Waals surface area contributed by atoms with Gasteiger partial charge in [-0.15, -0.1) is 6.58 Å². The predicted octanol–water partition coefficient (Wildman–Crippen LogP) is 2.36. The highest BCUT2D eigenvalue weighted by molar-refractivity contribution is 5.90. The first-order valence-electron chi connectivity index (χ1n) is 6.83. The van der Waals surface area contributed by atoms with E-state index < -0.39 is 0 Å². The van der Waals surface area contributed by atoms with Crippen molar-refractivity contribution in [3.8, 4) is 0 Å². The average Bonchev–Trinajstić information content (AvgIpc) is 2.85. The summed E-state index contributed by atoms with van der Waals surface area (Å²) < 4.78 is 7.50. The Morgan fingerprint density at radius 1 is 1.63 bits per heavy atom. The molecular weight excluding hydrogens is 242 g/mol. The fourth-order valence-electron chi connectivity index (χ4n) is 2.14. The van der Waals surface area contributed by atoms with Gasteiger partial charge < -0.3 is 10.1 Å². The number of hydrogen-bond donors (Lipinski definition) is 1. The zero-order chi connectivity index (χ0) is 13.5. The highest BCUT2D eigenvalue weighted by atomic mass is 16.5. The molecule has 1 N–H and O–H groups in total. The van der Waals surface area contributed by atoms with E-state index in [4.69, 9.17) is 4.74 Å². The summed E-state index contributed by atoms with van der Waals surface area (Å²) in [7, 11) is 0. The Labute approximate surface area is 113 Å². The molecule has 0 unspecified atom stereocenters. The van der Waals surface area contributed by atoms with E-state index in [9.17, 15) is 4.79 Å². The molecule has 0 aromatic carbocycles. The SMILES string of the molecule is C=CCCC(=O)Nc1cnn(C[C@@H]2CCCCO2)c1. The molecule has 0 spiro atoms. The molecule has 1 aromatic heterocycles. The van der Waals surface area contributed by atoms with Gasteiger partial charge in [0.05, 0.1) is 24.5 Å². The van der Waals surface area contributed by atoms with Crippen molar-refractivity contribution in [1.29, 1.82) is 0 Å². The maximum atomic E-state index is 11.5. The fraction of sp³-hybridized carbons (Fsp3) is 0.571. The van der Waals surface area contributed by atoms with E-state index in [0.717, 1.165) is 31.7 Å². The number of rotatable bonds is 6. The van der Waals surface area contributed by atoms with Gasteiger partial charge in [-0.1, -0.05) is 6.08 Å². The molecule has 0 radical (unpaired) electrons. The van der Waals surface area contributed by atoms with Crippen molar-refractivity contribution in [2.75, 3.05) is 11.9 Å². The lowest BCUT2D eigenvalue weighted by atomic mass is 10.1. The van der Waals surface area contributed by atoms with Gasteiger partial charge in [0.1, 0.15) is 0 Å². The van der Waals surface area contributed by atoms with Crippen LogP contribution < -0.4 is 5.32 Å². The van der Waals surface area contributed by atoms with Crippen LogP contribution in [0.25, 0.3) is 0 Å². The minimum atomic E-state index is -0.00614. The second-order valence-corrected chi connectivity index (χ2v) is 4.82. The van der Waals surface area contributed by atoms with Crippen LogP contribution >= 0.6 is 0 Å². The lowest BCUT2D eigenvalue weighted by Crippen LogP contribution is -2.24. The maximum absolute atomic E-state index is 11.5. The Hall–Kier alpha value is -1.62. The smallest absolute Gasteiger partial charge is 0.224 e. The van der Waals surface area contributed by atoms with Gasteiger partial charge in [0.15, 0.2) is 0 Å². The van der Waals surface area contributed by atoms with Crippen molar-refractivity contribution in [1.82, 2.24) is 9.78 Å². The third-order valence-electron chi connectivity index (χ3n) is 3.16. The standard InChI is InChI=1S/C14H21N3O2/c1-2-3-7-14(18)16-12-9-15-17(10-12)11-13-6-4-5-8-19-13/h2,9-10,13H,1,3-8,11H2,(H,16,18)/t13-/m0/s1. The van der Waals surface area contributed by atoms with E-state index in [1.54, 1.807) is 12.3 Å². The quantitative estimate of drug-likeness (QED) is 0.802. The zero-order valence-electron chi connectivity index (χ0n) is 11.2. The van der Waals surface area contributed by atoms with Crippen LogP contribution in [0.5, 0.6) is 0 Å². The number of ether oxygens (including phenoxy) is 1. The van der Waals surface area contributed by atoms with Crippen LogP contribution in [0.2, 0.25) is 0 Å². The second kappa shape index (κ2) is 7.09. The van der Waals surface area contributed by atoms with Gasteiger partial charge in [0.2, 0.25) is 5.91 Å². The predicted molar refractivity (Wildman–Crippen MR) is 73.9 cm³/mol. The van der Waals surface area contributed by atoms with Gasteiger partial charge >= 0.3 is 0 Å². The van der Waals surface area contributed by atoms with Gasteiger partial charge in [-0.2, -0.15) is 5.10 Å². The monoisotopic (exact) mass is 263 g/mol. The number of allylic oxidation sites excluding steroid dienone is 1. The molecule has 0 aliphatic carbocycles. The third kappa shape index (κ3) is 4.52. The highest BCUT2D eigenvalue weighted by Crippen LogP contribution is 2.15. The normalized spacial score (nSPS) is 19.1. The number of nitrogens with zero attached hydrogens (tertiary/aromatic N) is 2. The summed E-state index contributed by atoms with van der Waals surface area (Å²) in [6, 6.07) is 0. The van der Waals surface area contributed by atoms with Crippen LogP contribution in [0.15, 0.2) is 25.0 Å². The number of carbonyl (C=O) groups is 1. The molecule has 1 atom stereocenters. The molecule has 104 valence electrons. The Balaban J connectivity index is 1.80. The number of anilines is 1. The Morgan fingerprint density at radius 3 is 3.26 bits per heavy atom. The minimum Gasteiger partial charge on any atom is -0.376 e. The number of amides is 1. The van der Waals surface area contributed by atoms with Gasteiger partial charge in [-0.25, -0.2) is 0 Å². The van der Waals surface area contributed by atoms with E-state index in [-0.39, 0.29) is 12.0 Å². The van der Waals surface area contributed by atoms with Crippen molar-refractivity contribution in [2.24, 2.45) is 0 Å². The Bertz CT molecular complexity index is 422. The summed E-state index contributed by atoms with van der Waals surface area (Å²) >= 11 is 0. The number of hydrogen-bond acceptors (Lipinski definition) is 3. The van der Waals surface area contributed by atoms with Crippen molar-refractivity contribution < 1.29 is 9.53 Å². The number of nitrogens with one attached hydrogen (secondary N) is 1. The second-order valence-electron chi connectivity index (χ2n) is 4.82. The molecule has 1 aliphatic heterocycles. The molecule has 1 amide bonds. The van der Waals surface area contributed by atoms with E-state index in [1.165, 1.54) is 6.42 Å². The van der Waals surface area contributed by atoms with Crippen molar-refractivity contribution in [3.05, 3.63) is 25.0 Å². The van der Waals surface area contributed by atoms with Crippen LogP contribution in [0.3, 0.4) is 0 Å². The molecule has 5 nitrogen and oxygen atoms in total. The summed E-state index contributed by atoms with van der Waals surface area (Å²) in [5, 5.41) is 7.07. The molecule has 1 saturated heterocycles. The largest absolute Gasteiger partial charge is 0.376 e. The first-order chi connectivity index (χ1) is 9.28. The van der Waals surface area contributed by atoms with Crippen LogP contribution in [-0.4, -0.2) is 28.4 Å². The summed E-state index contributed by atoms with van der Waals surface area (Å²) in [5.41, 5.74) is 0.741. The molecule has 0 saturated carbocycles. The van der Waals surface area contributed by atoms with Crippen LogP contribution in [0.4, 0.5) is 5.69 Å². The van der Waals surface area contributed by atoms with Crippen molar-refractivity contribution >= 4 is 11.6 Å². The van der Waals surface area contributed by atoms with Gasteiger partial charge in [0, 0.05) is 19.2 Å². The lowest BCUT2D eigenvalue weighted by molar-refractivity contribution is -0.116. The van der Waals surface area contributed by atoms with Crippen LogP contribution in [-0.2, 0) is 16.1 Å². The summed E-state index contributed by atoms with van der Waals surface area (Å²) in [4.78, 5) is 11.5. The number of carbonyl (C=O) groups excluding carboxylic acids is 1. The summed E-state index contributed by atoms with van der Waals surface area (Å²) in [6.45, 7) is 5.20. The van der Waals surface area contributed by atoms with Crippen LogP contribution in [0.1, 0.15) is 32.1 Å². The van der Waals surface area contributed by atoms with E-state index in [1.807, 2.05) is 10.9 Å². The summed E-state index contributed by atoms with van der Waals surface area (Å²) in [6.07, 6.45) is 10.1. The molecule has 1 aliphatic rings. The molecule has 19 heavy (non-hydrogen) atoms. The molecule has 2 rings (SSSR count). The molecule has 1 aromatic rings. The van der Waals surface area contributed by atoms with Crippen molar-refractivity contribution in [3.63, 3.8) is 0 Å². The van der Waals surface area contributed by atoms with Gasteiger partial charge in [-0.05, 0) is 25.7 Å². The van der Waals surface area contributed by atoms with Crippen molar-refractivity contribution in [2.45, 2.75) is 44.8 Å². The molecule has 5 heteroatoms. The van der Waals surface area contributed by atoms with Gasteiger partial charge in [-0.3, -0.25) is 9.48 Å². The lowest BCUT2D eigenvalue weighted by Gasteiger charge is -2.22. The van der Waals surface area contributed by atoms with E-state index in [2.05, 4.69) is 17.0 Å².